The number of hydrogen-bond donors (Lipinski definition) is 1. The topological polar surface area (TPSA) is 65.1 Å². The van der Waals surface area contributed by atoms with E-state index >= 15 is 0 Å². The molecule has 1 aromatic carbocycles. The highest BCUT2D eigenvalue weighted by Gasteiger charge is 2.46. The number of carbonyl (C=O) groups excluding carboxylic acids is 2. The summed E-state index contributed by atoms with van der Waals surface area (Å²) >= 11 is 0. The maximum absolute atomic E-state index is 12.5. The standard InChI is InChI=1S/C24H36N4O3/c1-24(25-2)18-22(29)28(23(24)30)13-7-12-26-14-16-27(17-15-26)20-10-5-6-11-21(20)31-19-8-3-4-9-19/h5-6,10-11,19,25H,3-4,7-9,12-18H2,1-2H3. The summed E-state index contributed by atoms with van der Waals surface area (Å²) in [6.45, 7) is 7.10. The summed E-state index contributed by atoms with van der Waals surface area (Å²) in [6.07, 6.45) is 6.31. The Balaban J connectivity index is 1.24. The van der Waals surface area contributed by atoms with Gasteiger partial charge < -0.3 is 15.0 Å². The predicted molar refractivity (Wildman–Crippen MR) is 121 cm³/mol. The highest BCUT2D eigenvalue weighted by atomic mass is 16.5. The number of likely N-dealkylation sites (tertiary alicyclic amines) is 1. The van der Waals surface area contributed by atoms with Gasteiger partial charge in [0.15, 0.2) is 0 Å². The van der Waals surface area contributed by atoms with Gasteiger partial charge in [-0.25, -0.2) is 0 Å². The highest BCUT2D eigenvalue weighted by molar-refractivity contribution is 6.08. The van der Waals surface area contributed by atoms with Crippen molar-refractivity contribution in [1.29, 1.82) is 0 Å². The van der Waals surface area contributed by atoms with Crippen LogP contribution in [0.15, 0.2) is 24.3 Å². The molecule has 0 spiro atoms. The highest BCUT2D eigenvalue weighted by Crippen LogP contribution is 2.32. The Hall–Kier alpha value is -2.12. The van der Waals surface area contributed by atoms with Crippen LogP contribution in [0.1, 0.15) is 45.4 Å². The van der Waals surface area contributed by atoms with Crippen molar-refractivity contribution >= 4 is 17.5 Å². The number of hydrogen-bond acceptors (Lipinski definition) is 6. The number of ether oxygens (including phenoxy) is 1. The molecule has 3 fully saturated rings. The molecule has 7 nitrogen and oxygen atoms in total. The van der Waals surface area contributed by atoms with Crippen LogP contribution in [-0.2, 0) is 9.59 Å². The molecule has 0 bridgehead atoms. The Bertz CT molecular complexity index is 787. The van der Waals surface area contributed by atoms with Crippen molar-refractivity contribution in [3.8, 4) is 5.75 Å². The van der Waals surface area contributed by atoms with Crippen LogP contribution >= 0.6 is 0 Å². The molecule has 1 unspecified atom stereocenters. The zero-order chi connectivity index (χ0) is 21.8. The molecular weight excluding hydrogens is 392 g/mol. The Labute approximate surface area is 185 Å². The summed E-state index contributed by atoms with van der Waals surface area (Å²) in [6, 6.07) is 8.42. The molecule has 1 aromatic rings. The first-order valence-corrected chi connectivity index (χ1v) is 11.8. The lowest BCUT2D eigenvalue weighted by Gasteiger charge is -2.37. The minimum Gasteiger partial charge on any atom is -0.488 e. The van der Waals surface area contributed by atoms with Crippen LogP contribution in [-0.4, -0.2) is 79.6 Å². The van der Waals surface area contributed by atoms with Crippen LogP contribution in [0.2, 0.25) is 0 Å². The van der Waals surface area contributed by atoms with Crippen LogP contribution in [0.4, 0.5) is 5.69 Å². The van der Waals surface area contributed by atoms with E-state index in [2.05, 4.69) is 39.4 Å². The number of piperazine rings is 1. The summed E-state index contributed by atoms with van der Waals surface area (Å²) in [5.74, 6) is 0.857. The van der Waals surface area contributed by atoms with E-state index in [-0.39, 0.29) is 18.2 Å². The maximum atomic E-state index is 12.5. The first-order valence-electron chi connectivity index (χ1n) is 11.8. The first-order chi connectivity index (χ1) is 15.0. The zero-order valence-corrected chi connectivity index (χ0v) is 18.9. The van der Waals surface area contributed by atoms with E-state index in [1.807, 2.05) is 0 Å². The number of amides is 2. The molecule has 4 rings (SSSR count). The molecule has 1 N–H and O–H groups in total. The van der Waals surface area contributed by atoms with Crippen molar-refractivity contribution in [2.45, 2.75) is 57.1 Å². The third kappa shape index (κ3) is 4.88. The second-order valence-electron chi connectivity index (χ2n) is 9.28. The minimum atomic E-state index is -0.739. The Morgan fingerprint density at radius 1 is 1.06 bits per heavy atom. The van der Waals surface area contributed by atoms with E-state index in [1.54, 1.807) is 14.0 Å². The Morgan fingerprint density at radius 3 is 2.45 bits per heavy atom. The largest absolute Gasteiger partial charge is 0.488 e. The van der Waals surface area contributed by atoms with Gasteiger partial charge in [-0.15, -0.1) is 0 Å². The molecule has 2 aliphatic heterocycles. The third-order valence-corrected chi connectivity index (χ3v) is 7.10. The second-order valence-corrected chi connectivity index (χ2v) is 9.28. The third-order valence-electron chi connectivity index (χ3n) is 7.10. The van der Waals surface area contributed by atoms with E-state index in [0.717, 1.165) is 57.7 Å². The molecule has 170 valence electrons. The Morgan fingerprint density at radius 2 is 1.77 bits per heavy atom. The lowest BCUT2D eigenvalue weighted by Crippen LogP contribution is -2.48. The van der Waals surface area contributed by atoms with Crippen molar-refractivity contribution in [2.24, 2.45) is 0 Å². The van der Waals surface area contributed by atoms with Gasteiger partial charge >= 0.3 is 0 Å². The van der Waals surface area contributed by atoms with Crippen molar-refractivity contribution in [3.05, 3.63) is 24.3 Å². The maximum Gasteiger partial charge on any atom is 0.249 e. The zero-order valence-electron chi connectivity index (χ0n) is 18.9. The lowest BCUT2D eigenvalue weighted by atomic mass is 10.0. The number of likely N-dealkylation sites (N-methyl/N-ethyl adjacent to an activating group) is 1. The van der Waals surface area contributed by atoms with Gasteiger partial charge in [-0.3, -0.25) is 19.4 Å². The molecular formula is C24H36N4O3. The van der Waals surface area contributed by atoms with Gasteiger partial charge in [-0.2, -0.15) is 0 Å². The van der Waals surface area contributed by atoms with E-state index in [4.69, 9.17) is 4.74 Å². The van der Waals surface area contributed by atoms with Crippen LogP contribution in [0, 0.1) is 0 Å². The SMILES string of the molecule is CNC1(C)CC(=O)N(CCCN2CCN(c3ccccc3OC3CCCC3)CC2)C1=O. The minimum absolute atomic E-state index is 0.0643. The molecule has 1 atom stereocenters. The molecule has 2 saturated heterocycles. The molecule has 31 heavy (non-hydrogen) atoms. The monoisotopic (exact) mass is 428 g/mol. The quantitative estimate of drug-likeness (QED) is 0.641. The van der Waals surface area contributed by atoms with E-state index in [1.165, 1.54) is 23.4 Å². The van der Waals surface area contributed by atoms with Gasteiger partial charge in [0.2, 0.25) is 11.8 Å². The number of rotatable bonds is 8. The van der Waals surface area contributed by atoms with Crippen molar-refractivity contribution < 1.29 is 14.3 Å². The fourth-order valence-corrected chi connectivity index (χ4v) is 4.97. The van der Waals surface area contributed by atoms with E-state index < -0.39 is 5.54 Å². The van der Waals surface area contributed by atoms with Gasteiger partial charge in [0.05, 0.1) is 18.2 Å². The van der Waals surface area contributed by atoms with Gasteiger partial charge in [-0.05, 0) is 64.8 Å². The molecule has 0 radical (unpaired) electrons. The van der Waals surface area contributed by atoms with Gasteiger partial charge in [0, 0.05) is 32.7 Å². The number of nitrogens with one attached hydrogen (secondary N) is 1. The number of imide groups is 1. The summed E-state index contributed by atoms with van der Waals surface area (Å²) in [4.78, 5) is 31.0. The van der Waals surface area contributed by atoms with Gasteiger partial charge in [0.25, 0.3) is 0 Å². The Kier molecular flexibility index (Phi) is 6.82. The lowest BCUT2D eigenvalue weighted by molar-refractivity contribution is -0.140. The normalized spacial score (nSPS) is 25.6. The number of carbonyl (C=O) groups is 2. The van der Waals surface area contributed by atoms with E-state index in [0.29, 0.717) is 12.6 Å². The van der Waals surface area contributed by atoms with Crippen molar-refractivity contribution in [1.82, 2.24) is 15.1 Å². The fraction of sp³-hybridized carbons (Fsp3) is 0.667. The van der Waals surface area contributed by atoms with Gasteiger partial charge in [-0.1, -0.05) is 12.1 Å². The smallest absolute Gasteiger partial charge is 0.249 e. The summed E-state index contributed by atoms with van der Waals surface area (Å²) in [5, 5.41) is 3.00. The van der Waals surface area contributed by atoms with Crippen molar-refractivity contribution in [3.63, 3.8) is 0 Å². The summed E-state index contributed by atoms with van der Waals surface area (Å²) in [7, 11) is 1.74. The van der Waals surface area contributed by atoms with Crippen LogP contribution < -0.4 is 15.0 Å². The average molecular weight is 429 g/mol. The molecule has 1 aliphatic carbocycles. The van der Waals surface area contributed by atoms with Crippen LogP contribution in [0.5, 0.6) is 5.75 Å². The number of nitrogens with zero attached hydrogens (tertiary/aromatic N) is 3. The predicted octanol–water partition coefficient (Wildman–Crippen LogP) is 2.26. The second kappa shape index (κ2) is 9.57. The number of para-hydroxylation sites is 2. The first kappa shape index (κ1) is 22.1. The number of anilines is 1. The molecule has 1 saturated carbocycles. The molecule has 7 heteroatoms. The molecule has 2 amide bonds. The van der Waals surface area contributed by atoms with Gasteiger partial charge in [0.1, 0.15) is 11.3 Å². The average Bonchev–Trinajstić information content (AvgIpc) is 3.37. The summed E-state index contributed by atoms with van der Waals surface area (Å²) < 4.78 is 6.32. The molecule has 0 aromatic heterocycles. The van der Waals surface area contributed by atoms with Crippen molar-refractivity contribution in [2.75, 3.05) is 51.2 Å². The molecule has 3 aliphatic rings. The molecule has 2 heterocycles. The van der Waals surface area contributed by atoms with E-state index in [9.17, 15) is 9.59 Å². The summed E-state index contributed by atoms with van der Waals surface area (Å²) in [5.41, 5.74) is 0.463. The van der Waals surface area contributed by atoms with Crippen LogP contribution in [0.3, 0.4) is 0 Å². The fourth-order valence-electron chi connectivity index (χ4n) is 4.97. The van der Waals surface area contributed by atoms with Crippen LogP contribution in [0.25, 0.3) is 0 Å². The number of benzene rings is 1.